The van der Waals surface area contributed by atoms with Gasteiger partial charge in [-0.25, -0.2) is 0 Å². The van der Waals surface area contributed by atoms with Gasteiger partial charge in [-0.2, -0.15) is 0 Å². The van der Waals surface area contributed by atoms with E-state index in [1.54, 1.807) is 30.3 Å². The molecule has 0 atom stereocenters. The summed E-state index contributed by atoms with van der Waals surface area (Å²) in [5.74, 6) is -0.465. The summed E-state index contributed by atoms with van der Waals surface area (Å²) in [6, 6.07) is 19.4. The molecule has 0 bridgehead atoms. The van der Waals surface area contributed by atoms with Crippen molar-refractivity contribution in [2.24, 2.45) is 0 Å². The topological polar surface area (TPSA) is 62.0 Å². The Labute approximate surface area is 137 Å². The van der Waals surface area contributed by atoms with Crippen LogP contribution in [0.1, 0.15) is 10.4 Å². The van der Waals surface area contributed by atoms with Crippen molar-refractivity contribution in [3.8, 4) is 11.3 Å². The van der Waals surface area contributed by atoms with Gasteiger partial charge < -0.3 is 10.3 Å². The summed E-state index contributed by atoms with van der Waals surface area (Å²) in [4.78, 5) is 27.1. The van der Waals surface area contributed by atoms with Crippen LogP contribution in [-0.4, -0.2) is 10.9 Å². The molecule has 23 heavy (non-hydrogen) atoms. The quantitative estimate of drug-likeness (QED) is 0.766. The van der Waals surface area contributed by atoms with Crippen LogP contribution in [-0.2, 0) is 0 Å². The number of aromatic amines is 1. The molecule has 1 amide bonds. The maximum absolute atomic E-state index is 12.2. The van der Waals surface area contributed by atoms with Gasteiger partial charge in [-0.1, -0.05) is 41.9 Å². The van der Waals surface area contributed by atoms with Gasteiger partial charge in [0.25, 0.3) is 11.5 Å². The third-order valence-corrected chi connectivity index (χ3v) is 3.59. The average Bonchev–Trinajstić information content (AvgIpc) is 2.57. The Morgan fingerprint density at radius 1 is 0.913 bits per heavy atom. The number of rotatable bonds is 3. The number of aromatic nitrogens is 1. The van der Waals surface area contributed by atoms with E-state index in [1.165, 1.54) is 6.07 Å². The standard InChI is InChI=1S/C18H13ClN2O2/c19-13-6-8-14(9-7-13)20-17(22)15-10-11-16(21-18(15)23)12-4-2-1-3-5-12/h1-11H,(H,20,22)(H,21,23). The van der Waals surface area contributed by atoms with Gasteiger partial charge in [-0.05, 0) is 42.0 Å². The zero-order chi connectivity index (χ0) is 16.2. The van der Waals surface area contributed by atoms with Crippen molar-refractivity contribution in [1.29, 1.82) is 0 Å². The van der Waals surface area contributed by atoms with Gasteiger partial charge in [0.15, 0.2) is 0 Å². The fraction of sp³-hybridized carbons (Fsp3) is 0. The molecule has 3 rings (SSSR count). The number of halogens is 1. The molecule has 2 aromatic carbocycles. The Kier molecular flexibility index (Phi) is 4.26. The van der Waals surface area contributed by atoms with Crippen molar-refractivity contribution in [3.05, 3.63) is 87.7 Å². The van der Waals surface area contributed by atoms with Crippen molar-refractivity contribution >= 4 is 23.2 Å². The summed E-state index contributed by atoms with van der Waals surface area (Å²) in [6.45, 7) is 0. The molecule has 114 valence electrons. The number of benzene rings is 2. The van der Waals surface area contributed by atoms with E-state index < -0.39 is 11.5 Å². The number of nitrogens with one attached hydrogen (secondary N) is 2. The summed E-state index contributed by atoms with van der Waals surface area (Å²) in [5.41, 5.74) is 1.75. The largest absolute Gasteiger partial charge is 0.322 e. The lowest BCUT2D eigenvalue weighted by atomic mass is 10.1. The zero-order valence-corrected chi connectivity index (χ0v) is 12.8. The Morgan fingerprint density at radius 2 is 1.61 bits per heavy atom. The van der Waals surface area contributed by atoms with Crippen LogP contribution in [0.3, 0.4) is 0 Å². The third-order valence-electron chi connectivity index (χ3n) is 3.34. The number of H-pyrrole nitrogens is 1. The van der Waals surface area contributed by atoms with Crippen molar-refractivity contribution in [2.75, 3.05) is 5.32 Å². The van der Waals surface area contributed by atoms with Crippen LogP contribution in [0.15, 0.2) is 71.5 Å². The minimum absolute atomic E-state index is 0.0552. The molecule has 0 unspecified atom stereocenters. The number of carbonyl (C=O) groups is 1. The van der Waals surface area contributed by atoms with E-state index in [4.69, 9.17) is 11.6 Å². The lowest BCUT2D eigenvalue weighted by Crippen LogP contribution is -2.23. The molecule has 4 nitrogen and oxygen atoms in total. The first kappa shape index (κ1) is 15.1. The van der Waals surface area contributed by atoms with Crippen molar-refractivity contribution in [3.63, 3.8) is 0 Å². The molecule has 0 fully saturated rings. The molecule has 0 radical (unpaired) electrons. The van der Waals surface area contributed by atoms with E-state index in [1.807, 2.05) is 30.3 Å². The van der Waals surface area contributed by atoms with Crippen LogP contribution in [0, 0.1) is 0 Å². The van der Waals surface area contributed by atoms with Crippen LogP contribution in [0.5, 0.6) is 0 Å². The van der Waals surface area contributed by atoms with Gasteiger partial charge in [0.2, 0.25) is 0 Å². The summed E-state index contributed by atoms with van der Waals surface area (Å²) >= 11 is 5.80. The molecule has 5 heteroatoms. The smallest absolute Gasteiger partial charge is 0.261 e. The highest BCUT2D eigenvalue weighted by molar-refractivity contribution is 6.30. The average molecular weight is 325 g/mol. The fourth-order valence-electron chi connectivity index (χ4n) is 2.17. The molecule has 0 saturated heterocycles. The number of hydrogen-bond donors (Lipinski definition) is 2. The van der Waals surface area contributed by atoms with Gasteiger partial charge in [0, 0.05) is 16.4 Å². The summed E-state index contributed by atoms with van der Waals surface area (Å²) in [6.07, 6.45) is 0. The van der Waals surface area contributed by atoms with Crippen molar-refractivity contribution in [1.82, 2.24) is 4.98 Å². The molecule has 1 heterocycles. The monoisotopic (exact) mass is 324 g/mol. The summed E-state index contributed by atoms with van der Waals surface area (Å²) in [7, 11) is 0. The first-order valence-corrected chi connectivity index (χ1v) is 7.37. The molecule has 0 saturated carbocycles. The number of anilines is 1. The first-order valence-electron chi connectivity index (χ1n) is 6.99. The Bertz CT molecular complexity index is 887. The lowest BCUT2D eigenvalue weighted by molar-refractivity contribution is 0.102. The highest BCUT2D eigenvalue weighted by atomic mass is 35.5. The second-order valence-electron chi connectivity index (χ2n) is 4.94. The minimum Gasteiger partial charge on any atom is -0.322 e. The predicted octanol–water partition coefficient (Wildman–Crippen LogP) is 3.95. The van der Waals surface area contributed by atoms with Crippen LogP contribution in [0.25, 0.3) is 11.3 Å². The second kappa shape index (κ2) is 6.50. The van der Waals surface area contributed by atoms with Gasteiger partial charge in [-0.3, -0.25) is 9.59 Å². The van der Waals surface area contributed by atoms with Gasteiger partial charge in [0.1, 0.15) is 5.56 Å². The van der Waals surface area contributed by atoms with Gasteiger partial charge in [0.05, 0.1) is 0 Å². The third kappa shape index (κ3) is 3.49. The van der Waals surface area contributed by atoms with E-state index in [0.717, 1.165) is 5.56 Å². The minimum atomic E-state index is -0.465. The molecular formula is C18H13ClN2O2. The molecular weight excluding hydrogens is 312 g/mol. The SMILES string of the molecule is O=C(Nc1ccc(Cl)cc1)c1ccc(-c2ccccc2)[nH]c1=O. The molecule has 0 aliphatic carbocycles. The molecule has 3 aromatic rings. The number of amides is 1. The molecule has 2 N–H and O–H groups in total. The van der Waals surface area contributed by atoms with Gasteiger partial charge >= 0.3 is 0 Å². The van der Waals surface area contributed by atoms with Crippen LogP contribution >= 0.6 is 11.6 Å². The summed E-state index contributed by atoms with van der Waals surface area (Å²) in [5, 5.41) is 3.24. The Balaban J connectivity index is 1.84. The number of carbonyl (C=O) groups excluding carboxylic acids is 1. The Hall–Kier alpha value is -2.85. The highest BCUT2D eigenvalue weighted by Crippen LogP contribution is 2.16. The maximum Gasteiger partial charge on any atom is 0.261 e. The van der Waals surface area contributed by atoms with Crippen molar-refractivity contribution in [2.45, 2.75) is 0 Å². The van der Waals surface area contributed by atoms with E-state index in [9.17, 15) is 9.59 Å². The van der Waals surface area contributed by atoms with Crippen LogP contribution in [0.2, 0.25) is 5.02 Å². The van der Waals surface area contributed by atoms with Gasteiger partial charge in [-0.15, -0.1) is 0 Å². The van der Waals surface area contributed by atoms with E-state index in [2.05, 4.69) is 10.3 Å². The highest BCUT2D eigenvalue weighted by Gasteiger charge is 2.11. The molecule has 1 aromatic heterocycles. The number of pyridine rings is 1. The first-order chi connectivity index (χ1) is 11.1. The van der Waals surface area contributed by atoms with Crippen LogP contribution in [0.4, 0.5) is 5.69 Å². The Morgan fingerprint density at radius 3 is 2.26 bits per heavy atom. The lowest BCUT2D eigenvalue weighted by Gasteiger charge is -2.06. The molecule has 0 spiro atoms. The second-order valence-corrected chi connectivity index (χ2v) is 5.38. The normalized spacial score (nSPS) is 10.3. The maximum atomic E-state index is 12.2. The van der Waals surface area contributed by atoms with E-state index in [-0.39, 0.29) is 5.56 Å². The summed E-state index contributed by atoms with van der Waals surface area (Å²) < 4.78 is 0. The number of hydrogen-bond acceptors (Lipinski definition) is 2. The fourth-order valence-corrected chi connectivity index (χ4v) is 2.30. The van der Waals surface area contributed by atoms with E-state index in [0.29, 0.717) is 16.4 Å². The van der Waals surface area contributed by atoms with Crippen molar-refractivity contribution < 1.29 is 4.79 Å². The molecule has 0 aliphatic rings. The zero-order valence-electron chi connectivity index (χ0n) is 12.0. The molecule has 0 aliphatic heterocycles. The van der Waals surface area contributed by atoms with Crippen LogP contribution < -0.4 is 10.9 Å². The predicted molar refractivity (Wildman–Crippen MR) is 91.9 cm³/mol. The van der Waals surface area contributed by atoms with E-state index >= 15 is 0 Å².